The van der Waals surface area contributed by atoms with E-state index < -0.39 is 6.04 Å². The summed E-state index contributed by atoms with van der Waals surface area (Å²) in [5.41, 5.74) is 2.81. The van der Waals surface area contributed by atoms with Gasteiger partial charge in [-0.05, 0) is 52.1 Å². The van der Waals surface area contributed by atoms with Gasteiger partial charge in [-0.1, -0.05) is 11.6 Å². The molecule has 1 heterocycles. The van der Waals surface area contributed by atoms with Gasteiger partial charge in [-0.25, -0.2) is 0 Å². The smallest absolute Gasteiger partial charge is 0.248 e. The lowest BCUT2D eigenvalue weighted by Crippen LogP contribution is -2.26. The van der Waals surface area contributed by atoms with E-state index in [1.165, 1.54) is 0 Å². The SMILES string of the molecule is CNCC(=O)Nc1ccc(NC(=O)C(C)n2nc(C)cc2C)c(Cl)c1. The number of nitrogens with one attached hydrogen (secondary N) is 3. The topological polar surface area (TPSA) is 88.0 Å². The molecule has 134 valence electrons. The molecular formula is C17H22ClN5O2. The molecule has 3 N–H and O–H groups in total. The van der Waals surface area contributed by atoms with Gasteiger partial charge in [-0.3, -0.25) is 14.3 Å². The van der Waals surface area contributed by atoms with E-state index in [9.17, 15) is 9.59 Å². The number of carbonyl (C=O) groups excluding carboxylic acids is 2. The predicted octanol–water partition coefficient (Wildman–Crippen LogP) is 2.51. The van der Waals surface area contributed by atoms with Gasteiger partial charge in [-0.2, -0.15) is 5.10 Å². The third-order valence-electron chi connectivity index (χ3n) is 3.64. The van der Waals surface area contributed by atoms with E-state index in [2.05, 4.69) is 21.0 Å². The first-order chi connectivity index (χ1) is 11.8. The summed E-state index contributed by atoms with van der Waals surface area (Å²) in [6.07, 6.45) is 0. The lowest BCUT2D eigenvalue weighted by atomic mass is 10.2. The minimum Gasteiger partial charge on any atom is -0.325 e. The fraction of sp³-hybridized carbons (Fsp3) is 0.353. The van der Waals surface area contributed by atoms with Crippen LogP contribution in [0.2, 0.25) is 5.02 Å². The van der Waals surface area contributed by atoms with Crippen LogP contribution in [-0.2, 0) is 9.59 Å². The summed E-state index contributed by atoms with van der Waals surface area (Å²) in [5.74, 6) is -0.395. The molecule has 2 amide bonds. The minimum absolute atomic E-state index is 0.173. The Hall–Kier alpha value is -2.38. The first-order valence-corrected chi connectivity index (χ1v) is 8.27. The van der Waals surface area contributed by atoms with E-state index in [0.29, 0.717) is 16.4 Å². The lowest BCUT2D eigenvalue weighted by molar-refractivity contribution is -0.119. The zero-order valence-electron chi connectivity index (χ0n) is 14.7. The van der Waals surface area contributed by atoms with Crippen LogP contribution in [0.3, 0.4) is 0 Å². The maximum Gasteiger partial charge on any atom is 0.248 e. The molecule has 0 fully saturated rings. The predicted molar refractivity (Wildman–Crippen MR) is 99.1 cm³/mol. The second-order valence-electron chi connectivity index (χ2n) is 5.81. The summed E-state index contributed by atoms with van der Waals surface area (Å²) in [7, 11) is 1.69. The van der Waals surface area contributed by atoms with Gasteiger partial charge in [0.25, 0.3) is 0 Å². The Kier molecular flexibility index (Phi) is 6.17. The van der Waals surface area contributed by atoms with Crippen LogP contribution in [-0.4, -0.2) is 35.2 Å². The van der Waals surface area contributed by atoms with E-state index in [0.717, 1.165) is 11.4 Å². The van der Waals surface area contributed by atoms with E-state index in [-0.39, 0.29) is 18.4 Å². The molecule has 0 radical (unpaired) electrons. The van der Waals surface area contributed by atoms with E-state index in [1.807, 2.05) is 19.9 Å². The van der Waals surface area contributed by atoms with Crippen LogP contribution in [0.15, 0.2) is 24.3 Å². The molecule has 25 heavy (non-hydrogen) atoms. The summed E-state index contributed by atoms with van der Waals surface area (Å²) in [5, 5.41) is 12.9. The number of aryl methyl sites for hydroxylation is 2. The first kappa shape index (κ1) is 19.0. The molecule has 0 spiro atoms. The molecule has 7 nitrogen and oxygen atoms in total. The molecule has 1 atom stereocenters. The number of likely N-dealkylation sites (N-methyl/N-ethyl adjacent to an activating group) is 1. The van der Waals surface area contributed by atoms with Crippen LogP contribution in [0.1, 0.15) is 24.4 Å². The highest BCUT2D eigenvalue weighted by molar-refractivity contribution is 6.34. The lowest BCUT2D eigenvalue weighted by Gasteiger charge is -2.16. The summed E-state index contributed by atoms with van der Waals surface area (Å²) in [4.78, 5) is 24.0. The van der Waals surface area contributed by atoms with Gasteiger partial charge in [0.2, 0.25) is 11.8 Å². The molecule has 2 rings (SSSR count). The molecular weight excluding hydrogens is 342 g/mol. The maximum absolute atomic E-state index is 12.5. The minimum atomic E-state index is -0.472. The van der Waals surface area contributed by atoms with Crippen molar-refractivity contribution in [3.63, 3.8) is 0 Å². The number of anilines is 2. The molecule has 0 bridgehead atoms. The van der Waals surface area contributed by atoms with Crippen molar-refractivity contribution in [3.05, 3.63) is 40.7 Å². The Morgan fingerprint density at radius 2 is 1.96 bits per heavy atom. The molecule has 1 unspecified atom stereocenters. The average Bonchev–Trinajstić information content (AvgIpc) is 2.87. The maximum atomic E-state index is 12.5. The molecule has 1 aromatic carbocycles. The summed E-state index contributed by atoms with van der Waals surface area (Å²) < 4.78 is 1.67. The summed E-state index contributed by atoms with van der Waals surface area (Å²) >= 11 is 6.22. The monoisotopic (exact) mass is 363 g/mol. The number of nitrogens with zero attached hydrogens (tertiary/aromatic N) is 2. The zero-order valence-corrected chi connectivity index (χ0v) is 15.4. The molecule has 0 saturated heterocycles. The molecule has 0 aliphatic carbocycles. The Balaban J connectivity index is 2.08. The van der Waals surface area contributed by atoms with Gasteiger partial charge in [0.15, 0.2) is 0 Å². The molecule has 2 aromatic rings. The highest BCUT2D eigenvalue weighted by Crippen LogP contribution is 2.26. The van der Waals surface area contributed by atoms with Gasteiger partial charge in [-0.15, -0.1) is 0 Å². The van der Waals surface area contributed by atoms with Crippen LogP contribution in [0.25, 0.3) is 0 Å². The highest BCUT2D eigenvalue weighted by atomic mass is 35.5. The van der Waals surface area contributed by atoms with Gasteiger partial charge in [0, 0.05) is 11.4 Å². The summed E-state index contributed by atoms with van der Waals surface area (Å²) in [6.45, 7) is 5.76. The fourth-order valence-corrected chi connectivity index (χ4v) is 2.67. The van der Waals surface area contributed by atoms with Crippen molar-refractivity contribution in [2.24, 2.45) is 0 Å². The van der Waals surface area contributed by atoms with Gasteiger partial charge in [0.1, 0.15) is 6.04 Å². The molecule has 1 aromatic heterocycles. The van der Waals surface area contributed by atoms with E-state index >= 15 is 0 Å². The van der Waals surface area contributed by atoms with Gasteiger partial charge in [0.05, 0.1) is 22.9 Å². The van der Waals surface area contributed by atoms with Crippen molar-refractivity contribution in [1.29, 1.82) is 0 Å². The fourth-order valence-electron chi connectivity index (χ4n) is 2.45. The van der Waals surface area contributed by atoms with Gasteiger partial charge >= 0.3 is 0 Å². The first-order valence-electron chi connectivity index (χ1n) is 7.89. The Labute approximate surface area is 151 Å². The number of hydrogen-bond acceptors (Lipinski definition) is 4. The van der Waals surface area contributed by atoms with Crippen molar-refractivity contribution < 1.29 is 9.59 Å². The molecule has 0 aliphatic rings. The van der Waals surface area contributed by atoms with Crippen LogP contribution < -0.4 is 16.0 Å². The Morgan fingerprint density at radius 3 is 2.52 bits per heavy atom. The molecule has 8 heteroatoms. The third-order valence-corrected chi connectivity index (χ3v) is 3.95. The largest absolute Gasteiger partial charge is 0.325 e. The Bertz CT molecular complexity index is 787. The number of aromatic nitrogens is 2. The number of benzene rings is 1. The van der Waals surface area contributed by atoms with Crippen LogP contribution in [0.4, 0.5) is 11.4 Å². The van der Waals surface area contributed by atoms with Gasteiger partial charge < -0.3 is 16.0 Å². The van der Waals surface area contributed by atoms with Crippen molar-refractivity contribution in [2.75, 3.05) is 24.2 Å². The van der Waals surface area contributed by atoms with E-state index in [1.54, 1.807) is 36.9 Å². The van der Waals surface area contributed by atoms with E-state index in [4.69, 9.17) is 11.6 Å². The number of amides is 2. The number of halogens is 1. The second kappa shape index (κ2) is 8.13. The quantitative estimate of drug-likeness (QED) is 0.735. The summed E-state index contributed by atoms with van der Waals surface area (Å²) in [6, 6.07) is 6.38. The van der Waals surface area contributed by atoms with Crippen molar-refractivity contribution >= 4 is 34.8 Å². The van der Waals surface area contributed by atoms with Crippen molar-refractivity contribution in [3.8, 4) is 0 Å². The Morgan fingerprint density at radius 1 is 1.24 bits per heavy atom. The standard InChI is InChI=1S/C17H22ClN5O2/c1-10-7-11(2)23(22-10)12(3)17(25)21-15-6-5-13(8-14(15)18)20-16(24)9-19-4/h5-8,12,19H,9H2,1-4H3,(H,20,24)(H,21,25). The van der Waals surface area contributed by atoms with Crippen LogP contribution in [0, 0.1) is 13.8 Å². The highest BCUT2D eigenvalue weighted by Gasteiger charge is 2.19. The molecule has 0 aliphatic heterocycles. The van der Waals surface area contributed by atoms with Crippen molar-refractivity contribution in [1.82, 2.24) is 15.1 Å². The second-order valence-corrected chi connectivity index (χ2v) is 6.22. The number of rotatable bonds is 6. The van der Waals surface area contributed by atoms with Crippen molar-refractivity contribution in [2.45, 2.75) is 26.8 Å². The third kappa shape index (κ3) is 4.80. The average molecular weight is 364 g/mol. The normalized spacial score (nSPS) is 11.9. The number of hydrogen-bond donors (Lipinski definition) is 3. The van der Waals surface area contributed by atoms with Crippen LogP contribution >= 0.6 is 11.6 Å². The van der Waals surface area contributed by atoms with Crippen LogP contribution in [0.5, 0.6) is 0 Å². The zero-order chi connectivity index (χ0) is 18.6. The number of carbonyl (C=O) groups is 2. The molecule has 0 saturated carbocycles.